The summed E-state index contributed by atoms with van der Waals surface area (Å²) in [6, 6.07) is 20.7. The van der Waals surface area contributed by atoms with E-state index in [-0.39, 0.29) is 0 Å². The van der Waals surface area contributed by atoms with Crippen molar-refractivity contribution in [2.75, 3.05) is 19.5 Å². The molecule has 1 amide bonds. The number of nitrogens with zero attached hydrogens (tertiary/aromatic N) is 1. The second-order valence-electron chi connectivity index (χ2n) is 6.24. The van der Waals surface area contributed by atoms with Crippen LogP contribution in [0.5, 0.6) is 5.75 Å². The van der Waals surface area contributed by atoms with E-state index in [1.807, 2.05) is 48.5 Å². The number of carbonyl (C=O) groups is 2. The number of allylic oxidation sites excluding steroid dienone is 1. The fourth-order valence-electron chi connectivity index (χ4n) is 3.16. The lowest BCUT2D eigenvalue weighted by molar-refractivity contribution is -0.150. The number of ether oxygens (including phenoxy) is 2. The molecule has 0 saturated carbocycles. The van der Waals surface area contributed by atoms with E-state index >= 15 is 0 Å². The molecule has 0 radical (unpaired) electrons. The third-order valence-electron chi connectivity index (χ3n) is 4.48. The lowest BCUT2D eigenvalue weighted by atomic mass is 9.78. The first-order valence-electron chi connectivity index (χ1n) is 9.04. The standard InChI is InChI=1S/C22H20N2O4S/c1-27-22(26)19-18(15-8-4-2-5-9-15)17(14-23)21(24-20(19)25)29-13-12-28-16-10-6-3-7-11-16/h2-11,18-19H,12-13H2,1H3,(H,24,25)/t18-,19+/m1/s1. The molecule has 0 aliphatic carbocycles. The van der Waals surface area contributed by atoms with Crippen LogP contribution in [0.25, 0.3) is 0 Å². The number of carbonyl (C=O) groups excluding carboxylic acids is 2. The van der Waals surface area contributed by atoms with Crippen LogP contribution in [0.2, 0.25) is 0 Å². The number of hydrogen-bond acceptors (Lipinski definition) is 6. The molecule has 1 heterocycles. The summed E-state index contributed by atoms with van der Waals surface area (Å²) >= 11 is 1.32. The van der Waals surface area contributed by atoms with Crippen molar-refractivity contribution in [3.63, 3.8) is 0 Å². The van der Waals surface area contributed by atoms with Gasteiger partial charge in [0, 0.05) is 11.7 Å². The monoisotopic (exact) mass is 408 g/mol. The van der Waals surface area contributed by atoms with Crippen LogP contribution in [0.15, 0.2) is 71.3 Å². The van der Waals surface area contributed by atoms with Crippen LogP contribution in [0.4, 0.5) is 0 Å². The summed E-state index contributed by atoms with van der Waals surface area (Å²) in [4.78, 5) is 25.0. The summed E-state index contributed by atoms with van der Waals surface area (Å²) in [7, 11) is 1.23. The highest BCUT2D eigenvalue weighted by Crippen LogP contribution is 2.40. The normalized spacial score (nSPS) is 18.6. The number of nitriles is 1. The van der Waals surface area contributed by atoms with Crippen molar-refractivity contribution in [2.45, 2.75) is 5.92 Å². The zero-order valence-electron chi connectivity index (χ0n) is 15.8. The smallest absolute Gasteiger partial charge is 0.319 e. The lowest BCUT2D eigenvalue weighted by Crippen LogP contribution is -2.44. The summed E-state index contributed by atoms with van der Waals surface area (Å²) < 4.78 is 10.5. The van der Waals surface area contributed by atoms with Gasteiger partial charge in [-0.2, -0.15) is 5.26 Å². The molecule has 1 aliphatic rings. The van der Waals surface area contributed by atoms with E-state index in [1.54, 1.807) is 12.1 Å². The molecule has 1 aliphatic heterocycles. The van der Waals surface area contributed by atoms with Crippen LogP contribution >= 0.6 is 11.8 Å². The fraction of sp³-hybridized carbons (Fsp3) is 0.227. The Morgan fingerprint density at radius 3 is 2.41 bits per heavy atom. The van der Waals surface area contributed by atoms with Gasteiger partial charge in [-0.3, -0.25) is 9.59 Å². The molecule has 6 nitrogen and oxygen atoms in total. The molecule has 0 saturated heterocycles. The molecule has 0 unspecified atom stereocenters. The Morgan fingerprint density at radius 1 is 1.14 bits per heavy atom. The maximum Gasteiger partial charge on any atom is 0.319 e. The van der Waals surface area contributed by atoms with E-state index in [9.17, 15) is 14.9 Å². The molecule has 0 fully saturated rings. The molecular formula is C22H20N2O4S. The number of nitrogens with one attached hydrogen (secondary N) is 1. The van der Waals surface area contributed by atoms with Crippen molar-refractivity contribution in [1.29, 1.82) is 5.26 Å². The first kappa shape index (κ1) is 20.5. The number of hydrogen-bond donors (Lipinski definition) is 1. The minimum atomic E-state index is -1.11. The van der Waals surface area contributed by atoms with Gasteiger partial charge in [-0.25, -0.2) is 0 Å². The van der Waals surface area contributed by atoms with Gasteiger partial charge in [-0.05, 0) is 17.7 Å². The first-order chi connectivity index (χ1) is 14.2. The minimum absolute atomic E-state index is 0.343. The van der Waals surface area contributed by atoms with Crippen molar-refractivity contribution in [1.82, 2.24) is 5.32 Å². The Balaban J connectivity index is 1.82. The Hall–Kier alpha value is -3.24. The second kappa shape index (κ2) is 9.80. The number of benzene rings is 2. The molecule has 0 bridgehead atoms. The number of thioether (sulfide) groups is 1. The third-order valence-corrected chi connectivity index (χ3v) is 5.47. The molecule has 2 aromatic rings. The van der Waals surface area contributed by atoms with Gasteiger partial charge in [0.25, 0.3) is 0 Å². The van der Waals surface area contributed by atoms with Crippen molar-refractivity contribution >= 4 is 23.6 Å². The van der Waals surface area contributed by atoms with Gasteiger partial charge in [-0.15, -0.1) is 11.8 Å². The first-order valence-corrected chi connectivity index (χ1v) is 10.0. The topological polar surface area (TPSA) is 88.4 Å². The number of rotatable bonds is 7. The van der Waals surface area contributed by atoms with Crippen molar-refractivity contribution in [2.24, 2.45) is 5.92 Å². The maximum atomic E-state index is 12.7. The zero-order chi connectivity index (χ0) is 20.6. The Labute approximate surface area is 173 Å². The fourth-order valence-corrected chi connectivity index (χ4v) is 4.03. The van der Waals surface area contributed by atoms with Gasteiger partial charge in [-0.1, -0.05) is 48.5 Å². The Morgan fingerprint density at radius 2 is 1.79 bits per heavy atom. The summed E-state index contributed by atoms with van der Waals surface area (Å²) in [6.45, 7) is 0.406. The highest BCUT2D eigenvalue weighted by Gasteiger charge is 2.44. The maximum absolute atomic E-state index is 12.7. The number of esters is 1. The zero-order valence-corrected chi connectivity index (χ0v) is 16.6. The molecular weight excluding hydrogens is 388 g/mol. The van der Waals surface area contributed by atoms with Crippen LogP contribution in [0.3, 0.4) is 0 Å². The van der Waals surface area contributed by atoms with Crippen LogP contribution in [-0.2, 0) is 14.3 Å². The van der Waals surface area contributed by atoms with Crippen LogP contribution in [0, 0.1) is 17.2 Å². The summed E-state index contributed by atoms with van der Waals surface area (Å²) in [5.41, 5.74) is 1.06. The van der Waals surface area contributed by atoms with Gasteiger partial charge < -0.3 is 14.8 Å². The molecule has 1 N–H and O–H groups in total. The Bertz CT molecular complexity index is 938. The van der Waals surface area contributed by atoms with E-state index in [2.05, 4.69) is 11.4 Å². The van der Waals surface area contributed by atoms with Crippen molar-refractivity contribution in [3.8, 4) is 11.8 Å². The SMILES string of the molecule is COC(=O)[C@@H]1C(=O)NC(SCCOc2ccccc2)=C(C#N)[C@H]1c1ccccc1. The number of para-hydroxylation sites is 1. The molecule has 0 aromatic heterocycles. The summed E-state index contributed by atoms with van der Waals surface area (Å²) in [6.07, 6.45) is 0. The molecule has 0 spiro atoms. The summed E-state index contributed by atoms with van der Waals surface area (Å²) in [5, 5.41) is 13.0. The average Bonchev–Trinajstić information content (AvgIpc) is 2.77. The summed E-state index contributed by atoms with van der Waals surface area (Å²) in [5.74, 6) is -1.66. The van der Waals surface area contributed by atoms with Gasteiger partial charge in [0.05, 0.1) is 30.4 Å². The average molecular weight is 408 g/mol. The molecule has 3 rings (SSSR count). The highest BCUT2D eigenvalue weighted by molar-refractivity contribution is 8.03. The lowest BCUT2D eigenvalue weighted by Gasteiger charge is -2.30. The predicted octanol–water partition coefficient (Wildman–Crippen LogP) is 3.24. The number of amides is 1. The second-order valence-corrected chi connectivity index (χ2v) is 7.35. The largest absolute Gasteiger partial charge is 0.493 e. The van der Waals surface area contributed by atoms with E-state index in [0.29, 0.717) is 28.5 Å². The quantitative estimate of drug-likeness (QED) is 0.430. The molecule has 29 heavy (non-hydrogen) atoms. The van der Waals surface area contributed by atoms with E-state index in [1.165, 1.54) is 18.9 Å². The van der Waals surface area contributed by atoms with Crippen LogP contribution < -0.4 is 10.1 Å². The van der Waals surface area contributed by atoms with Crippen molar-refractivity contribution in [3.05, 3.63) is 76.8 Å². The molecule has 148 valence electrons. The third kappa shape index (κ3) is 4.79. The molecule has 7 heteroatoms. The van der Waals surface area contributed by atoms with Crippen LogP contribution in [-0.4, -0.2) is 31.3 Å². The van der Waals surface area contributed by atoms with Gasteiger partial charge in [0.1, 0.15) is 11.7 Å². The van der Waals surface area contributed by atoms with E-state index < -0.39 is 23.7 Å². The molecule has 2 aromatic carbocycles. The molecule has 2 atom stereocenters. The Kier molecular flexibility index (Phi) is 6.93. The highest BCUT2D eigenvalue weighted by atomic mass is 32.2. The van der Waals surface area contributed by atoms with E-state index in [4.69, 9.17) is 9.47 Å². The van der Waals surface area contributed by atoms with Crippen molar-refractivity contribution < 1.29 is 19.1 Å². The van der Waals surface area contributed by atoms with Gasteiger partial charge in [0.15, 0.2) is 0 Å². The number of methoxy groups -OCH3 is 1. The van der Waals surface area contributed by atoms with Gasteiger partial charge >= 0.3 is 5.97 Å². The minimum Gasteiger partial charge on any atom is -0.493 e. The van der Waals surface area contributed by atoms with Gasteiger partial charge in [0.2, 0.25) is 5.91 Å². The predicted molar refractivity (Wildman–Crippen MR) is 110 cm³/mol. The van der Waals surface area contributed by atoms with E-state index in [0.717, 1.165) is 5.75 Å². The van der Waals surface area contributed by atoms with Crippen LogP contribution in [0.1, 0.15) is 11.5 Å².